The second-order valence-electron chi connectivity index (χ2n) is 6.49. The lowest BCUT2D eigenvalue weighted by atomic mass is 9.87. The van der Waals surface area contributed by atoms with Gasteiger partial charge in [0, 0.05) is 23.7 Å². The van der Waals surface area contributed by atoms with Crippen molar-refractivity contribution in [3.05, 3.63) is 29.8 Å². The Balaban J connectivity index is 2.17. The Hall–Kier alpha value is -1.20. The summed E-state index contributed by atoms with van der Waals surface area (Å²) in [6.07, 6.45) is 0.307. The van der Waals surface area contributed by atoms with Crippen molar-refractivity contribution in [3.8, 4) is 0 Å². The molecular formula is C17H28N2O2S. The second kappa shape index (κ2) is 9.06. The van der Waals surface area contributed by atoms with Gasteiger partial charge in [-0.15, -0.1) is 11.8 Å². The highest BCUT2D eigenvalue weighted by molar-refractivity contribution is 7.99. The maximum absolute atomic E-state index is 11.7. The number of hydrogen-bond donors (Lipinski definition) is 3. The maximum atomic E-state index is 11.7. The van der Waals surface area contributed by atoms with Crippen molar-refractivity contribution in [1.82, 2.24) is 10.6 Å². The molecule has 0 saturated carbocycles. The molecule has 0 aromatic heterocycles. The van der Waals surface area contributed by atoms with Crippen LogP contribution in [-0.4, -0.2) is 36.1 Å². The van der Waals surface area contributed by atoms with Gasteiger partial charge in [-0.05, 0) is 37.8 Å². The summed E-state index contributed by atoms with van der Waals surface area (Å²) in [5, 5.41) is 15.1. The van der Waals surface area contributed by atoms with Gasteiger partial charge in [-0.25, -0.2) is 4.79 Å². The predicted molar refractivity (Wildman–Crippen MR) is 93.4 cm³/mol. The molecular weight excluding hydrogens is 296 g/mol. The number of aryl methyl sites for hydroxylation is 1. The summed E-state index contributed by atoms with van der Waals surface area (Å²) in [6, 6.07) is 8.22. The van der Waals surface area contributed by atoms with Crippen LogP contribution in [0.3, 0.4) is 0 Å². The highest BCUT2D eigenvalue weighted by Crippen LogP contribution is 2.21. The predicted octanol–water partition coefficient (Wildman–Crippen LogP) is 3.18. The summed E-state index contributed by atoms with van der Waals surface area (Å²) in [4.78, 5) is 13.0. The van der Waals surface area contributed by atoms with Crippen molar-refractivity contribution in [2.75, 3.05) is 18.8 Å². The SMILES string of the molecule is Cc1ccc(SCCNC(=O)NCC(C)(C)CC(C)O)cc1. The van der Waals surface area contributed by atoms with E-state index < -0.39 is 0 Å². The number of benzene rings is 1. The largest absolute Gasteiger partial charge is 0.393 e. The molecule has 1 aromatic carbocycles. The van der Waals surface area contributed by atoms with E-state index in [4.69, 9.17) is 0 Å². The van der Waals surface area contributed by atoms with Crippen LogP contribution in [0.5, 0.6) is 0 Å². The smallest absolute Gasteiger partial charge is 0.314 e. The molecule has 1 aromatic rings. The molecule has 2 amide bonds. The average molecular weight is 324 g/mol. The van der Waals surface area contributed by atoms with E-state index in [0.717, 1.165) is 5.75 Å². The Labute approximate surface area is 138 Å². The first-order chi connectivity index (χ1) is 10.3. The van der Waals surface area contributed by atoms with Crippen molar-refractivity contribution < 1.29 is 9.90 Å². The number of thioether (sulfide) groups is 1. The Kier molecular flexibility index (Phi) is 7.76. The van der Waals surface area contributed by atoms with E-state index in [1.54, 1.807) is 18.7 Å². The fourth-order valence-electron chi connectivity index (χ4n) is 2.22. The third-order valence-corrected chi connectivity index (χ3v) is 4.27. The summed E-state index contributed by atoms with van der Waals surface area (Å²) < 4.78 is 0. The van der Waals surface area contributed by atoms with Crippen molar-refractivity contribution >= 4 is 17.8 Å². The van der Waals surface area contributed by atoms with Gasteiger partial charge in [-0.3, -0.25) is 0 Å². The minimum Gasteiger partial charge on any atom is -0.393 e. The van der Waals surface area contributed by atoms with E-state index >= 15 is 0 Å². The third kappa shape index (κ3) is 8.29. The third-order valence-electron chi connectivity index (χ3n) is 3.25. The number of urea groups is 1. The van der Waals surface area contributed by atoms with E-state index in [1.165, 1.54) is 10.5 Å². The molecule has 0 aliphatic rings. The average Bonchev–Trinajstić information content (AvgIpc) is 2.42. The van der Waals surface area contributed by atoms with E-state index in [2.05, 4.69) is 41.8 Å². The van der Waals surface area contributed by atoms with Crippen LogP contribution >= 0.6 is 11.8 Å². The number of rotatable bonds is 8. The molecule has 0 fully saturated rings. The van der Waals surface area contributed by atoms with Crippen LogP contribution in [0.1, 0.15) is 32.8 Å². The molecule has 5 heteroatoms. The number of aliphatic hydroxyl groups excluding tert-OH is 1. The van der Waals surface area contributed by atoms with Gasteiger partial charge in [0.2, 0.25) is 0 Å². The molecule has 124 valence electrons. The topological polar surface area (TPSA) is 61.4 Å². The quantitative estimate of drug-likeness (QED) is 0.508. The second-order valence-corrected chi connectivity index (χ2v) is 7.66. The van der Waals surface area contributed by atoms with Gasteiger partial charge in [0.05, 0.1) is 6.10 Å². The Morgan fingerprint density at radius 1 is 1.27 bits per heavy atom. The van der Waals surface area contributed by atoms with Crippen LogP contribution in [0.2, 0.25) is 0 Å². The number of aliphatic hydroxyl groups is 1. The lowest BCUT2D eigenvalue weighted by Crippen LogP contribution is -2.42. The molecule has 0 aliphatic carbocycles. The Morgan fingerprint density at radius 2 is 1.91 bits per heavy atom. The molecule has 1 rings (SSSR count). The van der Waals surface area contributed by atoms with Crippen LogP contribution in [0, 0.1) is 12.3 Å². The normalized spacial score (nSPS) is 12.8. The van der Waals surface area contributed by atoms with Crippen LogP contribution in [-0.2, 0) is 0 Å². The van der Waals surface area contributed by atoms with Gasteiger partial charge in [-0.1, -0.05) is 31.5 Å². The van der Waals surface area contributed by atoms with Crippen molar-refractivity contribution in [2.45, 2.75) is 45.1 Å². The molecule has 0 saturated heterocycles. The van der Waals surface area contributed by atoms with Crippen molar-refractivity contribution in [2.24, 2.45) is 5.41 Å². The molecule has 0 heterocycles. The zero-order chi connectivity index (χ0) is 16.6. The lowest BCUT2D eigenvalue weighted by Gasteiger charge is -2.26. The van der Waals surface area contributed by atoms with Crippen LogP contribution in [0.4, 0.5) is 4.79 Å². The van der Waals surface area contributed by atoms with Gasteiger partial charge < -0.3 is 15.7 Å². The Morgan fingerprint density at radius 3 is 2.50 bits per heavy atom. The first-order valence-corrected chi connectivity index (χ1v) is 8.66. The van der Waals surface area contributed by atoms with E-state index in [-0.39, 0.29) is 17.6 Å². The van der Waals surface area contributed by atoms with Crippen molar-refractivity contribution in [1.29, 1.82) is 0 Å². The highest BCUT2D eigenvalue weighted by Gasteiger charge is 2.20. The molecule has 1 atom stereocenters. The minimum absolute atomic E-state index is 0.109. The molecule has 4 nitrogen and oxygen atoms in total. The van der Waals surface area contributed by atoms with E-state index in [9.17, 15) is 9.90 Å². The van der Waals surface area contributed by atoms with Gasteiger partial charge in [0.25, 0.3) is 0 Å². The monoisotopic (exact) mass is 324 g/mol. The first-order valence-electron chi connectivity index (χ1n) is 7.68. The molecule has 22 heavy (non-hydrogen) atoms. The van der Waals surface area contributed by atoms with E-state index in [1.807, 2.05) is 13.8 Å². The zero-order valence-corrected chi connectivity index (χ0v) is 14.8. The van der Waals surface area contributed by atoms with Gasteiger partial charge >= 0.3 is 6.03 Å². The molecule has 0 aliphatic heterocycles. The number of carbonyl (C=O) groups is 1. The molecule has 0 spiro atoms. The number of carbonyl (C=O) groups excluding carboxylic acids is 1. The maximum Gasteiger partial charge on any atom is 0.314 e. The summed E-state index contributed by atoms with van der Waals surface area (Å²) >= 11 is 1.73. The zero-order valence-electron chi connectivity index (χ0n) is 14.0. The standard InChI is InChI=1S/C17H28N2O2S/c1-13-5-7-15(8-6-13)22-10-9-18-16(21)19-12-17(3,4)11-14(2)20/h5-8,14,20H,9-12H2,1-4H3,(H2,18,19,21). The minimum atomic E-state index is -0.356. The van der Waals surface area contributed by atoms with Gasteiger partial charge in [0.15, 0.2) is 0 Å². The van der Waals surface area contributed by atoms with Gasteiger partial charge in [-0.2, -0.15) is 0 Å². The Bertz CT molecular complexity index is 458. The number of amides is 2. The first kappa shape index (κ1) is 18.8. The summed E-state index contributed by atoms with van der Waals surface area (Å²) in [6.45, 7) is 9.08. The van der Waals surface area contributed by atoms with Crippen LogP contribution in [0.15, 0.2) is 29.2 Å². The summed E-state index contributed by atoms with van der Waals surface area (Å²) in [5.41, 5.74) is 1.14. The summed E-state index contributed by atoms with van der Waals surface area (Å²) in [7, 11) is 0. The van der Waals surface area contributed by atoms with Crippen molar-refractivity contribution in [3.63, 3.8) is 0 Å². The molecule has 3 N–H and O–H groups in total. The fraction of sp³-hybridized carbons (Fsp3) is 0.588. The number of nitrogens with one attached hydrogen (secondary N) is 2. The van der Waals surface area contributed by atoms with Crippen LogP contribution in [0.25, 0.3) is 0 Å². The fourth-order valence-corrected chi connectivity index (χ4v) is 2.99. The van der Waals surface area contributed by atoms with Crippen LogP contribution < -0.4 is 10.6 Å². The summed E-state index contributed by atoms with van der Waals surface area (Å²) in [5.74, 6) is 0.841. The number of hydrogen-bond acceptors (Lipinski definition) is 3. The highest BCUT2D eigenvalue weighted by atomic mass is 32.2. The molecule has 0 bridgehead atoms. The lowest BCUT2D eigenvalue weighted by molar-refractivity contribution is 0.129. The molecule has 0 radical (unpaired) electrons. The molecule has 1 unspecified atom stereocenters. The van der Waals surface area contributed by atoms with E-state index in [0.29, 0.717) is 19.5 Å². The van der Waals surface area contributed by atoms with Gasteiger partial charge in [0.1, 0.15) is 0 Å².